The van der Waals surface area contributed by atoms with Gasteiger partial charge in [-0.1, -0.05) is 124 Å². The topological polar surface area (TPSA) is 88.9 Å². The number of thioether (sulfide) groups is 1. The summed E-state index contributed by atoms with van der Waals surface area (Å²) in [5, 5.41) is -0.345. The summed E-state index contributed by atoms with van der Waals surface area (Å²) in [4.78, 5) is 57.6. The standard InChI is InChI=1S/C50H51N3O5S2/c1-3-5-6-7-8-15-29-51-48(56)46(60-50(51)57)49-52(33-45(54)58-4-2)47(55)44(59-49)32-35-25-28-43-41(31-35)39-21-16-22-42(39)53(43)38-26-23-34(24-27-38)30-40(36-17-11-9-12-18-36)37-19-13-10-14-20-37/h9-14,17-20,23-28,30-32,39,42H,3-8,15-16,21-22,29,33H2,1-2H3. The first-order valence-electron chi connectivity index (χ1n) is 21.3. The van der Waals surface area contributed by atoms with E-state index in [2.05, 4.69) is 103 Å². The molecule has 3 heterocycles. The maximum atomic E-state index is 14.1. The van der Waals surface area contributed by atoms with Crippen LogP contribution >= 0.6 is 23.1 Å². The monoisotopic (exact) mass is 837 g/mol. The Morgan fingerprint density at radius 1 is 0.800 bits per heavy atom. The highest BCUT2D eigenvalue weighted by Gasteiger charge is 2.42. The first-order chi connectivity index (χ1) is 29.3. The summed E-state index contributed by atoms with van der Waals surface area (Å²) in [7, 11) is 0. The molecule has 2 aliphatic heterocycles. The Balaban J connectivity index is 1.10. The van der Waals surface area contributed by atoms with E-state index in [4.69, 9.17) is 4.74 Å². The van der Waals surface area contributed by atoms with Crippen LogP contribution in [0.15, 0.2) is 108 Å². The van der Waals surface area contributed by atoms with Crippen molar-refractivity contribution in [3.63, 3.8) is 0 Å². The van der Waals surface area contributed by atoms with Crippen LogP contribution in [0.5, 0.6) is 0 Å². The van der Waals surface area contributed by atoms with E-state index in [-0.39, 0.29) is 28.9 Å². The molecule has 10 heteroatoms. The lowest BCUT2D eigenvalue weighted by atomic mass is 9.95. The van der Waals surface area contributed by atoms with E-state index in [1.165, 1.54) is 43.8 Å². The van der Waals surface area contributed by atoms with Crippen molar-refractivity contribution in [1.29, 1.82) is 0 Å². The molecule has 8 nitrogen and oxygen atoms in total. The van der Waals surface area contributed by atoms with Gasteiger partial charge in [-0.15, -0.1) is 11.3 Å². The quantitative estimate of drug-likeness (QED) is 0.0590. The molecule has 308 valence electrons. The Bertz CT molecular complexity index is 2540. The van der Waals surface area contributed by atoms with Gasteiger partial charge in [0.15, 0.2) is 0 Å². The van der Waals surface area contributed by atoms with Crippen molar-refractivity contribution < 1.29 is 19.1 Å². The SMILES string of the molecule is CCCCCCCCN1C(=O)SC(=c2sc(=Cc3ccc4c(c3)C3CCCC3N4c3ccc(C=C(c4ccccc4)c4ccccc4)cc3)c(=O)n2CC(=O)OCC)C1=O. The minimum absolute atomic E-state index is 0.166. The van der Waals surface area contributed by atoms with Gasteiger partial charge in [0.25, 0.3) is 16.7 Å². The van der Waals surface area contributed by atoms with Crippen molar-refractivity contribution in [3.05, 3.63) is 150 Å². The summed E-state index contributed by atoms with van der Waals surface area (Å²) in [5.74, 6) is -0.620. The second-order valence-corrected chi connectivity index (χ2v) is 17.7. The predicted molar refractivity (Wildman–Crippen MR) is 245 cm³/mol. The Labute approximate surface area is 359 Å². The lowest BCUT2D eigenvalue weighted by molar-refractivity contribution is -0.143. The Kier molecular flexibility index (Phi) is 13.0. The van der Waals surface area contributed by atoms with Crippen molar-refractivity contribution in [1.82, 2.24) is 9.47 Å². The number of amides is 2. The van der Waals surface area contributed by atoms with E-state index < -0.39 is 11.9 Å². The van der Waals surface area contributed by atoms with Crippen molar-refractivity contribution >= 4 is 74.2 Å². The third-order valence-electron chi connectivity index (χ3n) is 11.8. The number of thiazole rings is 1. The number of esters is 1. The van der Waals surface area contributed by atoms with E-state index in [1.54, 1.807) is 6.92 Å². The van der Waals surface area contributed by atoms with Gasteiger partial charge < -0.3 is 9.64 Å². The van der Waals surface area contributed by atoms with Gasteiger partial charge in [0.1, 0.15) is 16.1 Å². The maximum Gasteiger partial charge on any atom is 0.326 e. The molecule has 0 radical (unpaired) electrons. The summed E-state index contributed by atoms with van der Waals surface area (Å²) in [6.07, 6.45) is 13.6. The number of benzene rings is 4. The number of imide groups is 1. The van der Waals surface area contributed by atoms with Gasteiger partial charge in [-0.05, 0) is 108 Å². The molecular weight excluding hydrogens is 787 g/mol. The Morgan fingerprint density at radius 3 is 2.18 bits per heavy atom. The number of aromatic nitrogens is 1. The molecule has 1 aromatic heterocycles. The van der Waals surface area contributed by atoms with E-state index >= 15 is 0 Å². The molecule has 0 bridgehead atoms. The van der Waals surface area contributed by atoms with Gasteiger partial charge in [0.2, 0.25) is 0 Å². The number of hydrogen-bond donors (Lipinski definition) is 0. The second kappa shape index (κ2) is 18.9. The zero-order chi connectivity index (χ0) is 41.6. The van der Waals surface area contributed by atoms with Crippen LogP contribution in [0, 0.1) is 0 Å². The molecule has 1 saturated carbocycles. The van der Waals surface area contributed by atoms with Crippen LogP contribution in [-0.2, 0) is 20.9 Å². The molecular formula is C50H51N3O5S2. The molecule has 2 atom stereocenters. The number of carbonyl (C=O) groups is 3. The van der Waals surface area contributed by atoms with Gasteiger partial charge in [-0.25, -0.2) is 0 Å². The highest BCUT2D eigenvalue weighted by Crippen LogP contribution is 2.52. The number of carbonyl (C=O) groups excluding carboxylic acids is 3. The number of rotatable bonds is 15. The molecule has 8 rings (SSSR count). The Hall–Kier alpha value is -5.45. The first kappa shape index (κ1) is 41.3. The van der Waals surface area contributed by atoms with Crippen LogP contribution in [0.3, 0.4) is 0 Å². The highest BCUT2D eigenvalue weighted by atomic mass is 32.2. The lowest BCUT2D eigenvalue weighted by Crippen LogP contribution is -2.36. The van der Waals surface area contributed by atoms with Crippen molar-refractivity contribution in [2.24, 2.45) is 0 Å². The molecule has 3 aliphatic rings. The molecule has 2 unspecified atom stereocenters. The third kappa shape index (κ3) is 8.72. The summed E-state index contributed by atoms with van der Waals surface area (Å²) >= 11 is 2.00. The Morgan fingerprint density at radius 2 is 1.48 bits per heavy atom. The lowest BCUT2D eigenvalue weighted by Gasteiger charge is -2.27. The van der Waals surface area contributed by atoms with Crippen molar-refractivity contribution in [2.75, 3.05) is 18.1 Å². The number of anilines is 2. The molecule has 1 saturated heterocycles. The van der Waals surface area contributed by atoms with E-state index in [9.17, 15) is 19.2 Å². The molecule has 60 heavy (non-hydrogen) atoms. The first-order valence-corrected chi connectivity index (χ1v) is 23.0. The maximum absolute atomic E-state index is 14.1. The van der Waals surface area contributed by atoms with Gasteiger partial charge in [0.05, 0.1) is 11.1 Å². The van der Waals surface area contributed by atoms with Crippen LogP contribution in [0.1, 0.15) is 105 Å². The molecule has 2 fully saturated rings. The van der Waals surface area contributed by atoms with Crippen LogP contribution in [0.25, 0.3) is 22.6 Å². The predicted octanol–water partition coefficient (Wildman–Crippen LogP) is 9.84. The summed E-state index contributed by atoms with van der Waals surface area (Å²) in [6.45, 7) is 4.05. The zero-order valence-electron chi connectivity index (χ0n) is 34.3. The smallest absolute Gasteiger partial charge is 0.326 e. The fraction of sp³-hybridized carbons (Fsp3) is 0.320. The molecule has 0 spiro atoms. The fourth-order valence-electron chi connectivity index (χ4n) is 8.86. The third-order valence-corrected chi connectivity index (χ3v) is 14.0. The number of ether oxygens (including phenoxy) is 1. The van der Waals surface area contributed by atoms with Gasteiger partial charge in [-0.3, -0.25) is 28.6 Å². The van der Waals surface area contributed by atoms with E-state index in [1.807, 2.05) is 24.3 Å². The molecule has 0 N–H and O–H groups in total. The molecule has 4 aromatic carbocycles. The summed E-state index contributed by atoms with van der Waals surface area (Å²) in [6, 6.07) is 36.6. The average molecular weight is 838 g/mol. The minimum Gasteiger partial charge on any atom is -0.465 e. The summed E-state index contributed by atoms with van der Waals surface area (Å²) in [5.41, 5.74) is 8.73. The van der Waals surface area contributed by atoms with Crippen LogP contribution in [0.2, 0.25) is 0 Å². The van der Waals surface area contributed by atoms with E-state index in [0.29, 0.717) is 27.7 Å². The fourth-order valence-corrected chi connectivity index (χ4v) is 11.0. The average Bonchev–Trinajstić information content (AvgIpc) is 4.01. The molecule has 1 aliphatic carbocycles. The number of unbranched alkanes of at least 4 members (excludes halogenated alkanes) is 5. The van der Waals surface area contributed by atoms with Crippen LogP contribution in [-0.4, -0.2) is 45.8 Å². The minimum atomic E-state index is -0.571. The van der Waals surface area contributed by atoms with Gasteiger partial charge >= 0.3 is 5.97 Å². The number of fused-ring (bicyclic) bond motifs is 3. The van der Waals surface area contributed by atoms with E-state index in [0.717, 1.165) is 91.3 Å². The molecule has 2 amide bonds. The number of hydrogen-bond acceptors (Lipinski definition) is 8. The number of nitrogens with zero attached hydrogens (tertiary/aromatic N) is 3. The highest BCUT2D eigenvalue weighted by molar-refractivity contribution is 8.23. The molecule has 5 aromatic rings. The van der Waals surface area contributed by atoms with Gasteiger partial charge in [-0.2, -0.15) is 0 Å². The van der Waals surface area contributed by atoms with Gasteiger partial charge in [0, 0.05) is 29.9 Å². The second-order valence-electron chi connectivity index (χ2n) is 15.7. The van der Waals surface area contributed by atoms with Crippen molar-refractivity contribution in [3.8, 4) is 0 Å². The van der Waals surface area contributed by atoms with Crippen LogP contribution < -0.4 is 19.7 Å². The van der Waals surface area contributed by atoms with Crippen LogP contribution in [0.4, 0.5) is 16.2 Å². The normalized spacial score (nSPS) is 18.3. The zero-order valence-corrected chi connectivity index (χ0v) is 35.9. The summed E-state index contributed by atoms with van der Waals surface area (Å²) < 4.78 is 7.23. The van der Waals surface area contributed by atoms with Crippen molar-refractivity contribution in [2.45, 2.75) is 90.1 Å². The largest absolute Gasteiger partial charge is 0.465 e.